The Morgan fingerprint density at radius 2 is 1.89 bits per heavy atom. The second-order valence-electron chi connectivity index (χ2n) is 8.26. The largest absolute Gasteiger partial charge is 0.364 e. The van der Waals surface area contributed by atoms with Gasteiger partial charge in [0.25, 0.3) is 5.91 Å². The highest BCUT2D eigenvalue weighted by atomic mass is 19.1. The number of halogens is 1. The Labute approximate surface area is 210 Å². The number of H-pyrrole nitrogens is 1. The van der Waals surface area contributed by atoms with Crippen molar-refractivity contribution < 1.29 is 9.18 Å². The number of benzene rings is 1. The average molecular weight is 494 g/mol. The minimum atomic E-state index is -0.424. The molecule has 5 rings (SSSR count). The van der Waals surface area contributed by atoms with Gasteiger partial charge in [-0.2, -0.15) is 10.4 Å². The zero-order valence-corrected chi connectivity index (χ0v) is 19.6. The van der Waals surface area contributed by atoms with E-state index in [1.807, 2.05) is 12.1 Å². The molecule has 4 heterocycles. The molecule has 37 heavy (non-hydrogen) atoms. The third-order valence-electron chi connectivity index (χ3n) is 5.71. The summed E-state index contributed by atoms with van der Waals surface area (Å²) < 4.78 is 13.2. The summed E-state index contributed by atoms with van der Waals surface area (Å²) in [6.07, 6.45) is 8.04. The van der Waals surface area contributed by atoms with Gasteiger partial charge in [-0.15, -0.1) is 0 Å². The molecular weight excluding hydrogens is 473 g/mol. The third-order valence-corrected chi connectivity index (χ3v) is 5.71. The van der Waals surface area contributed by atoms with Gasteiger partial charge in [0.05, 0.1) is 53.7 Å². The van der Waals surface area contributed by atoms with Gasteiger partial charge in [-0.05, 0) is 36.8 Å². The number of nitriles is 1. The Morgan fingerprint density at radius 1 is 1.05 bits per heavy atom. The number of aromatic nitrogens is 6. The first-order valence-corrected chi connectivity index (χ1v) is 11.3. The van der Waals surface area contributed by atoms with E-state index in [2.05, 4.69) is 40.8 Å². The molecule has 0 saturated carbocycles. The first-order valence-electron chi connectivity index (χ1n) is 11.3. The van der Waals surface area contributed by atoms with Crippen molar-refractivity contribution >= 4 is 22.8 Å². The highest BCUT2D eigenvalue weighted by Crippen LogP contribution is 2.21. The number of anilines is 1. The lowest BCUT2D eigenvalue weighted by Crippen LogP contribution is -2.28. The second-order valence-corrected chi connectivity index (χ2v) is 8.26. The van der Waals surface area contributed by atoms with Gasteiger partial charge < -0.3 is 10.6 Å². The molecule has 0 saturated heterocycles. The van der Waals surface area contributed by atoms with Gasteiger partial charge in [-0.1, -0.05) is 12.1 Å². The van der Waals surface area contributed by atoms with Crippen LogP contribution < -0.4 is 10.6 Å². The molecule has 3 N–H and O–H groups in total. The Kier molecular flexibility index (Phi) is 6.46. The number of nitrogens with one attached hydrogen (secondary N) is 3. The molecule has 1 amide bonds. The van der Waals surface area contributed by atoms with Crippen molar-refractivity contribution in [3.8, 4) is 17.3 Å². The van der Waals surface area contributed by atoms with E-state index in [4.69, 9.17) is 0 Å². The van der Waals surface area contributed by atoms with Crippen molar-refractivity contribution in [1.29, 1.82) is 5.26 Å². The standard InChI is InChI=1S/C26H20FN9O/c1-15(17-2-4-20(27)5-3-17)35-26(37)22-6-16(8-28)9-31-25(22)33-13-21-12-30-23(14-29-21)18-7-19-11-34-36-24(19)32-10-18/h2-7,9-12,14-15H,13H2,1H3,(H,31,33)(H,35,37)(H,32,34,36). The summed E-state index contributed by atoms with van der Waals surface area (Å²) in [6, 6.07) is 10.9. The Bertz CT molecular complexity index is 1610. The molecule has 0 spiro atoms. The van der Waals surface area contributed by atoms with Gasteiger partial charge in [0.2, 0.25) is 0 Å². The van der Waals surface area contributed by atoms with Crippen LogP contribution in [0.2, 0.25) is 0 Å². The summed E-state index contributed by atoms with van der Waals surface area (Å²) in [5.74, 6) is -0.484. The lowest BCUT2D eigenvalue weighted by molar-refractivity contribution is 0.0940. The van der Waals surface area contributed by atoms with E-state index in [0.717, 1.165) is 16.5 Å². The van der Waals surface area contributed by atoms with Crippen LogP contribution in [-0.2, 0) is 6.54 Å². The lowest BCUT2D eigenvalue weighted by atomic mass is 10.1. The molecule has 1 unspecified atom stereocenters. The smallest absolute Gasteiger partial charge is 0.255 e. The number of rotatable bonds is 7. The molecule has 0 aliphatic rings. The molecule has 0 radical (unpaired) electrons. The number of nitrogens with zero attached hydrogens (tertiary/aromatic N) is 6. The van der Waals surface area contributed by atoms with Gasteiger partial charge in [-0.3, -0.25) is 19.9 Å². The molecule has 182 valence electrons. The van der Waals surface area contributed by atoms with Gasteiger partial charge in [0, 0.05) is 23.3 Å². The third kappa shape index (κ3) is 5.23. The van der Waals surface area contributed by atoms with Crippen molar-refractivity contribution in [3.63, 3.8) is 0 Å². The molecule has 0 bridgehead atoms. The predicted octanol–water partition coefficient (Wildman–Crippen LogP) is 3.92. The average Bonchev–Trinajstić information content (AvgIpc) is 3.40. The maximum absolute atomic E-state index is 13.2. The molecule has 0 fully saturated rings. The van der Waals surface area contributed by atoms with Crippen LogP contribution in [-0.4, -0.2) is 36.0 Å². The highest BCUT2D eigenvalue weighted by molar-refractivity contribution is 5.99. The maximum Gasteiger partial charge on any atom is 0.255 e. The molecule has 11 heteroatoms. The van der Waals surface area contributed by atoms with E-state index in [9.17, 15) is 14.4 Å². The summed E-state index contributed by atoms with van der Waals surface area (Å²) >= 11 is 0. The summed E-state index contributed by atoms with van der Waals surface area (Å²) in [5, 5.41) is 22.9. The van der Waals surface area contributed by atoms with Crippen molar-refractivity contribution in [2.75, 3.05) is 5.32 Å². The highest BCUT2D eigenvalue weighted by Gasteiger charge is 2.17. The van der Waals surface area contributed by atoms with Crippen LogP contribution in [0.15, 0.2) is 67.4 Å². The van der Waals surface area contributed by atoms with Gasteiger partial charge in [0.15, 0.2) is 5.65 Å². The van der Waals surface area contributed by atoms with Gasteiger partial charge in [0.1, 0.15) is 17.7 Å². The van der Waals surface area contributed by atoms with Crippen molar-refractivity contribution in [3.05, 3.63) is 95.6 Å². The number of carbonyl (C=O) groups excluding carboxylic acids is 1. The van der Waals surface area contributed by atoms with E-state index in [1.165, 1.54) is 24.4 Å². The topological polar surface area (TPSA) is 145 Å². The van der Waals surface area contributed by atoms with Gasteiger partial charge in [-0.25, -0.2) is 14.4 Å². The van der Waals surface area contributed by atoms with Crippen molar-refractivity contribution in [1.82, 2.24) is 35.5 Å². The first kappa shape index (κ1) is 23.5. The van der Waals surface area contributed by atoms with E-state index < -0.39 is 5.91 Å². The molecule has 1 aromatic carbocycles. The minimum absolute atomic E-state index is 0.206. The number of aromatic amines is 1. The molecular formula is C26H20FN9O. The van der Waals surface area contributed by atoms with Crippen LogP contribution in [0.25, 0.3) is 22.3 Å². The number of fused-ring (bicyclic) bond motifs is 1. The normalized spacial score (nSPS) is 11.6. The number of amides is 1. The Balaban J connectivity index is 1.30. The zero-order chi connectivity index (χ0) is 25.8. The Morgan fingerprint density at radius 3 is 2.65 bits per heavy atom. The zero-order valence-electron chi connectivity index (χ0n) is 19.6. The lowest BCUT2D eigenvalue weighted by Gasteiger charge is -2.16. The second kappa shape index (κ2) is 10.2. The maximum atomic E-state index is 13.2. The van der Waals surface area contributed by atoms with Crippen molar-refractivity contribution in [2.45, 2.75) is 19.5 Å². The number of hydrogen-bond donors (Lipinski definition) is 3. The quantitative estimate of drug-likeness (QED) is 0.309. The fraction of sp³-hybridized carbons (Fsp3) is 0.115. The van der Waals surface area contributed by atoms with Crippen LogP contribution in [0.5, 0.6) is 0 Å². The predicted molar refractivity (Wildman–Crippen MR) is 133 cm³/mol. The summed E-state index contributed by atoms with van der Waals surface area (Å²) in [7, 11) is 0. The first-order chi connectivity index (χ1) is 18.0. The van der Waals surface area contributed by atoms with E-state index in [0.29, 0.717) is 22.9 Å². The molecule has 0 aliphatic carbocycles. The SMILES string of the molecule is CC(NC(=O)c1cc(C#N)cnc1NCc1cnc(-c2cnc3[nH]ncc3c2)cn1)c1ccc(F)cc1. The fourth-order valence-electron chi connectivity index (χ4n) is 3.70. The Hall–Kier alpha value is -5.24. The minimum Gasteiger partial charge on any atom is -0.364 e. The summed E-state index contributed by atoms with van der Waals surface area (Å²) in [6.45, 7) is 2.04. The molecule has 5 aromatic rings. The molecule has 0 aliphatic heterocycles. The molecule has 1 atom stereocenters. The van der Waals surface area contributed by atoms with Crippen molar-refractivity contribution in [2.24, 2.45) is 0 Å². The molecule has 4 aromatic heterocycles. The van der Waals surface area contributed by atoms with Crippen LogP contribution >= 0.6 is 0 Å². The number of hydrogen-bond acceptors (Lipinski definition) is 8. The van der Waals surface area contributed by atoms with Crippen LogP contribution in [0.1, 0.15) is 40.1 Å². The molecule has 10 nitrogen and oxygen atoms in total. The van der Waals surface area contributed by atoms with E-state index >= 15 is 0 Å². The van der Waals surface area contributed by atoms with Crippen LogP contribution in [0.4, 0.5) is 10.2 Å². The van der Waals surface area contributed by atoms with E-state index in [-0.39, 0.29) is 29.5 Å². The van der Waals surface area contributed by atoms with Crippen LogP contribution in [0.3, 0.4) is 0 Å². The monoisotopic (exact) mass is 493 g/mol. The summed E-state index contributed by atoms with van der Waals surface area (Å²) in [5.41, 5.74) is 3.98. The summed E-state index contributed by atoms with van der Waals surface area (Å²) in [4.78, 5) is 30.6. The van der Waals surface area contributed by atoms with Gasteiger partial charge >= 0.3 is 0 Å². The van der Waals surface area contributed by atoms with Crippen LogP contribution in [0, 0.1) is 17.1 Å². The van der Waals surface area contributed by atoms with E-state index in [1.54, 1.807) is 43.8 Å². The number of carbonyl (C=O) groups is 1. The fourth-order valence-corrected chi connectivity index (χ4v) is 3.70. The number of pyridine rings is 2.